The number of alkyl halides is 3. The molecule has 0 saturated carbocycles. The molecule has 0 aliphatic heterocycles. The number of hydrogen-bond donors (Lipinski definition) is 3. The number of nitrogen functional groups attached to an aromatic ring is 1. The van der Waals surface area contributed by atoms with Gasteiger partial charge < -0.3 is 20.7 Å². The van der Waals surface area contributed by atoms with Gasteiger partial charge in [0.15, 0.2) is 11.5 Å². The van der Waals surface area contributed by atoms with Gasteiger partial charge in [0, 0.05) is 0 Å². The van der Waals surface area contributed by atoms with Crippen LogP contribution in [0, 0.1) is 0 Å². The van der Waals surface area contributed by atoms with Crippen LogP contribution < -0.4 is 10.5 Å². The van der Waals surface area contributed by atoms with E-state index in [2.05, 4.69) is 4.74 Å². The second-order valence-electron chi connectivity index (χ2n) is 2.73. The third-order valence-electron chi connectivity index (χ3n) is 1.61. The standard InChI is InChI=1S/C8H6F3NO4/c9-8(10,11)16-6-4(12)2-1-3(5(6)13)7(14)15/h1-2,13H,12H2,(H,14,15). The van der Waals surface area contributed by atoms with E-state index in [-0.39, 0.29) is 0 Å². The van der Waals surface area contributed by atoms with E-state index in [9.17, 15) is 23.1 Å². The highest BCUT2D eigenvalue weighted by molar-refractivity contribution is 5.93. The number of carboxylic acids is 1. The Balaban J connectivity index is 3.27. The first-order valence-electron chi connectivity index (χ1n) is 3.83. The first kappa shape index (κ1) is 12.0. The summed E-state index contributed by atoms with van der Waals surface area (Å²) >= 11 is 0. The fourth-order valence-electron chi connectivity index (χ4n) is 0.982. The van der Waals surface area contributed by atoms with Crippen molar-refractivity contribution < 1.29 is 32.9 Å². The van der Waals surface area contributed by atoms with Gasteiger partial charge in [-0.3, -0.25) is 0 Å². The van der Waals surface area contributed by atoms with Gasteiger partial charge in [-0.15, -0.1) is 13.2 Å². The number of anilines is 1. The minimum Gasteiger partial charge on any atom is -0.504 e. The Labute approximate surface area is 86.9 Å². The molecule has 0 aliphatic rings. The zero-order chi connectivity index (χ0) is 12.5. The van der Waals surface area contributed by atoms with Crippen molar-refractivity contribution >= 4 is 11.7 Å². The molecular weight excluding hydrogens is 231 g/mol. The van der Waals surface area contributed by atoms with Gasteiger partial charge in [-0.1, -0.05) is 0 Å². The van der Waals surface area contributed by atoms with Gasteiger partial charge in [-0.25, -0.2) is 4.79 Å². The average Bonchev–Trinajstić information content (AvgIpc) is 2.10. The maximum atomic E-state index is 11.9. The number of ether oxygens (including phenoxy) is 1. The number of aromatic hydroxyl groups is 1. The summed E-state index contributed by atoms with van der Waals surface area (Å²) in [5.74, 6) is -3.87. The molecule has 1 aromatic rings. The number of halogens is 3. The third-order valence-corrected chi connectivity index (χ3v) is 1.61. The Morgan fingerprint density at radius 1 is 1.38 bits per heavy atom. The van der Waals surface area contributed by atoms with Crippen molar-refractivity contribution in [2.75, 3.05) is 5.73 Å². The topological polar surface area (TPSA) is 92.8 Å². The lowest BCUT2D eigenvalue weighted by atomic mass is 10.1. The Morgan fingerprint density at radius 3 is 2.38 bits per heavy atom. The predicted molar refractivity (Wildman–Crippen MR) is 46.2 cm³/mol. The van der Waals surface area contributed by atoms with Gasteiger partial charge in [0.25, 0.3) is 0 Å². The smallest absolute Gasteiger partial charge is 0.504 e. The number of phenols is 1. The SMILES string of the molecule is Nc1ccc(C(=O)O)c(O)c1OC(F)(F)F. The Morgan fingerprint density at radius 2 is 1.94 bits per heavy atom. The van der Waals surface area contributed by atoms with Crippen LogP contribution in [0.4, 0.5) is 18.9 Å². The highest BCUT2D eigenvalue weighted by Crippen LogP contribution is 2.39. The Kier molecular flexibility index (Phi) is 2.84. The van der Waals surface area contributed by atoms with E-state index in [0.29, 0.717) is 0 Å². The Hall–Kier alpha value is -2.12. The average molecular weight is 237 g/mol. The van der Waals surface area contributed by atoms with Gasteiger partial charge in [0.1, 0.15) is 5.56 Å². The quantitative estimate of drug-likeness (QED) is 0.679. The molecule has 0 unspecified atom stereocenters. The third kappa shape index (κ3) is 2.47. The van der Waals surface area contributed by atoms with Crippen molar-refractivity contribution in [1.82, 2.24) is 0 Å². The molecule has 88 valence electrons. The number of carboxylic acid groups (broad SMARTS) is 1. The highest BCUT2D eigenvalue weighted by atomic mass is 19.4. The molecule has 1 aromatic carbocycles. The summed E-state index contributed by atoms with van der Waals surface area (Å²) in [6, 6.07) is 1.76. The molecule has 0 aromatic heterocycles. The lowest BCUT2D eigenvalue weighted by molar-refractivity contribution is -0.274. The van der Waals surface area contributed by atoms with E-state index in [1.807, 2.05) is 0 Å². The van der Waals surface area contributed by atoms with E-state index >= 15 is 0 Å². The van der Waals surface area contributed by atoms with Gasteiger partial charge >= 0.3 is 12.3 Å². The lowest BCUT2D eigenvalue weighted by Gasteiger charge is -2.13. The monoisotopic (exact) mass is 237 g/mol. The first-order valence-corrected chi connectivity index (χ1v) is 3.83. The summed E-state index contributed by atoms with van der Waals surface area (Å²) in [5, 5.41) is 17.8. The molecule has 16 heavy (non-hydrogen) atoms. The van der Waals surface area contributed by atoms with Crippen LogP contribution in [0.5, 0.6) is 11.5 Å². The minimum absolute atomic E-state index is 0.514. The number of hydrogen-bond acceptors (Lipinski definition) is 4. The molecule has 0 atom stereocenters. The fourth-order valence-corrected chi connectivity index (χ4v) is 0.982. The fraction of sp³-hybridized carbons (Fsp3) is 0.125. The number of rotatable bonds is 2. The van der Waals surface area contributed by atoms with Gasteiger partial charge in [-0.2, -0.15) is 0 Å². The molecule has 0 spiro atoms. The molecule has 5 nitrogen and oxygen atoms in total. The first-order chi connectivity index (χ1) is 7.22. The second kappa shape index (κ2) is 3.80. The molecule has 0 fully saturated rings. The van der Waals surface area contributed by atoms with Crippen LogP contribution >= 0.6 is 0 Å². The van der Waals surface area contributed by atoms with Crippen molar-refractivity contribution in [3.63, 3.8) is 0 Å². The predicted octanol–water partition coefficient (Wildman–Crippen LogP) is 1.57. The zero-order valence-electron chi connectivity index (χ0n) is 7.58. The van der Waals surface area contributed by atoms with Crippen LogP contribution in [0.25, 0.3) is 0 Å². The molecule has 8 heteroatoms. The van der Waals surface area contributed by atoms with Crippen molar-refractivity contribution in [1.29, 1.82) is 0 Å². The number of aromatic carboxylic acids is 1. The van der Waals surface area contributed by atoms with Crippen LogP contribution in [0.15, 0.2) is 12.1 Å². The normalized spacial score (nSPS) is 11.2. The molecule has 0 amide bonds. The van der Waals surface area contributed by atoms with Crippen molar-refractivity contribution in [3.8, 4) is 11.5 Å². The summed E-state index contributed by atoms with van der Waals surface area (Å²) in [5.41, 5.74) is 3.88. The number of nitrogens with two attached hydrogens (primary N) is 1. The van der Waals surface area contributed by atoms with E-state index in [1.54, 1.807) is 0 Å². The van der Waals surface area contributed by atoms with Crippen molar-refractivity contribution in [2.24, 2.45) is 0 Å². The largest absolute Gasteiger partial charge is 0.573 e. The van der Waals surface area contributed by atoms with Gasteiger partial charge in [0.2, 0.25) is 0 Å². The van der Waals surface area contributed by atoms with E-state index < -0.39 is 35.1 Å². The highest BCUT2D eigenvalue weighted by Gasteiger charge is 2.34. The summed E-state index contributed by atoms with van der Waals surface area (Å²) < 4.78 is 39.1. The van der Waals surface area contributed by atoms with Crippen LogP contribution in [0.3, 0.4) is 0 Å². The van der Waals surface area contributed by atoms with Crippen LogP contribution in [-0.4, -0.2) is 22.5 Å². The van der Waals surface area contributed by atoms with Crippen molar-refractivity contribution in [3.05, 3.63) is 17.7 Å². The minimum atomic E-state index is -5.07. The summed E-state index contributed by atoms with van der Waals surface area (Å²) in [4.78, 5) is 10.5. The maximum Gasteiger partial charge on any atom is 0.573 e. The molecule has 0 heterocycles. The van der Waals surface area contributed by atoms with E-state index in [0.717, 1.165) is 12.1 Å². The molecule has 0 radical (unpaired) electrons. The van der Waals surface area contributed by atoms with Crippen LogP contribution in [-0.2, 0) is 0 Å². The van der Waals surface area contributed by atoms with Crippen molar-refractivity contribution in [2.45, 2.75) is 6.36 Å². The van der Waals surface area contributed by atoms with Crippen LogP contribution in [0.1, 0.15) is 10.4 Å². The second-order valence-corrected chi connectivity index (χ2v) is 2.73. The summed E-state index contributed by atoms with van der Waals surface area (Å²) in [7, 11) is 0. The van der Waals surface area contributed by atoms with Crippen LogP contribution in [0.2, 0.25) is 0 Å². The van der Waals surface area contributed by atoms with E-state index in [4.69, 9.17) is 10.8 Å². The Bertz CT molecular complexity index is 430. The summed E-state index contributed by atoms with van der Waals surface area (Å²) in [6.45, 7) is 0. The van der Waals surface area contributed by atoms with E-state index in [1.165, 1.54) is 0 Å². The molecule has 4 N–H and O–H groups in total. The molecule has 0 saturated heterocycles. The molecule has 0 bridgehead atoms. The molecule has 1 rings (SSSR count). The molecular formula is C8H6F3NO4. The lowest BCUT2D eigenvalue weighted by Crippen LogP contribution is -2.18. The van der Waals surface area contributed by atoms with Gasteiger partial charge in [0.05, 0.1) is 5.69 Å². The number of benzene rings is 1. The zero-order valence-corrected chi connectivity index (χ0v) is 7.58. The maximum absolute atomic E-state index is 11.9. The molecule has 0 aliphatic carbocycles. The van der Waals surface area contributed by atoms with Gasteiger partial charge in [-0.05, 0) is 12.1 Å². The summed E-state index contributed by atoms with van der Waals surface area (Å²) in [6.07, 6.45) is -5.07. The number of carbonyl (C=O) groups is 1.